The average Bonchev–Trinajstić information content (AvgIpc) is 2.26. The molecule has 1 aliphatic carbocycles. The predicted octanol–water partition coefficient (Wildman–Crippen LogP) is 2.98. The maximum Gasteiger partial charge on any atom is 0.308 e. The van der Waals surface area contributed by atoms with Gasteiger partial charge >= 0.3 is 5.97 Å². The van der Waals surface area contributed by atoms with E-state index in [2.05, 4.69) is 0 Å². The Bertz CT molecular complexity index is 174. The van der Waals surface area contributed by atoms with Gasteiger partial charge in [0.25, 0.3) is 0 Å². The van der Waals surface area contributed by atoms with Crippen molar-refractivity contribution in [1.82, 2.24) is 0 Å². The highest BCUT2D eigenvalue weighted by Gasteiger charge is 2.26. The number of hydrogen-bond acceptors (Lipinski definition) is 2. The molecular weight excluding hydrogens is 200 g/mol. The van der Waals surface area contributed by atoms with Crippen molar-refractivity contribution in [2.24, 2.45) is 11.8 Å². The molecule has 0 atom stereocenters. The fourth-order valence-electron chi connectivity index (χ4n) is 1.87. The minimum absolute atomic E-state index is 0.000118. The summed E-state index contributed by atoms with van der Waals surface area (Å²) in [6, 6.07) is 0. The molecule has 0 aromatic heterocycles. The van der Waals surface area contributed by atoms with Gasteiger partial charge in [0.2, 0.25) is 0 Å². The Morgan fingerprint density at radius 1 is 1.36 bits per heavy atom. The van der Waals surface area contributed by atoms with Crippen LogP contribution in [0.25, 0.3) is 0 Å². The molecule has 0 bridgehead atoms. The summed E-state index contributed by atoms with van der Waals surface area (Å²) >= 11 is 5.78. The first-order valence-electron chi connectivity index (χ1n) is 5.50. The van der Waals surface area contributed by atoms with Crippen molar-refractivity contribution in [3.05, 3.63) is 0 Å². The highest BCUT2D eigenvalue weighted by atomic mass is 35.5. The molecule has 0 N–H and O–H groups in total. The smallest absolute Gasteiger partial charge is 0.308 e. The molecule has 1 rings (SSSR count). The van der Waals surface area contributed by atoms with Crippen molar-refractivity contribution < 1.29 is 9.53 Å². The van der Waals surface area contributed by atoms with Gasteiger partial charge in [-0.05, 0) is 38.0 Å². The topological polar surface area (TPSA) is 26.3 Å². The second kappa shape index (κ2) is 6.28. The Morgan fingerprint density at radius 3 is 2.50 bits per heavy atom. The molecule has 0 aromatic carbocycles. The van der Waals surface area contributed by atoms with Gasteiger partial charge in [-0.15, -0.1) is 11.6 Å². The SMILES string of the molecule is CCCOC(=O)C1CCC(CCl)CC1. The summed E-state index contributed by atoms with van der Waals surface area (Å²) in [5.41, 5.74) is 0. The van der Waals surface area contributed by atoms with Gasteiger partial charge in [-0.2, -0.15) is 0 Å². The number of hydrogen-bond donors (Lipinski definition) is 0. The standard InChI is InChI=1S/C11H19ClO2/c1-2-7-14-11(13)10-5-3-9(8-12)4-6-10/h9-10H,2-8H2,1H3. The van der Waals surface area contributed by atoms with E-state index in [0.29, 0.717) is 12.5 Å². The van der Waals surface area contributed by atoms with Gasteiger partial charge < -0.3 is 4.74 Å². The maximum absolute atomic E-state index is 11.5. The lowest BCUT2D eigenvalue weighted by Gasteiger charge is -2.25. The zero-order valence-corrected chi connectivity index (χ0v) is 9.55. The molecule has 0 saturated heterocycles. The molecule has 14 heavy (non-hydrogen) atoms. The predicted molar refractivity (Wildman–Crippen MR) is 57.4 cm³/mol. The van der Waals surface area contributed by atoms with E-state index < -0.39 is 0 Å². The average molecular weight is 219 g/mol. The maximum atomic E-state index is 11.5. The van der Waals surface area contributed by atoms with Crippen LogP contribution in [0.2, 0.25) is 0 Å². The van der Waals surface area contributed by atoms with Crippen molar-refractivity contribution in [3.8, 4) is 0 Å². The second-order valence-electron chi connectivity index (χ2n) is 4.04. The van der Waals surface area contributed by atoms with E-state index in [1.165, 1.54) is 0 Å². The number of alkyl halides is 1. The number of carbonyl (C=O) groups is 1. The van der Waals surface area contributed by atoms with Crippen molar-refractivity contribution in [3.63, 3.8) is 0 Å². The molecule has 0 aromatic rings. The Kier molecular flexibility index (Phi) is 5.31. The quantitative estimate of drug-likeness (QED) is 0.536. The fourth-order valence-corrected chi connectivity index (χ4v) is 2.18. The molecule has 2 nitrogen and oxygen atoms in total. The zero-order chi connectivity index (χ0) is 10.4. The molecule has 82 valence electrons. The van der Waals surface area contributed by atoms with Crippen molar-refractivity contribution in [2.75, 3.05) is 12.5 Å². The monoisotopic (exact) mass is 218 g/mol. The van der Waals surface area contributed by atoms with E-state index in [4.69, 9.17) is 16.3 Å². The van der Waals surface area contributed by atoms with Crippen LogP contribution in [0.3, 0.4) is 0 Å². The summed E-state index contributed by atoms with van der Waals surface area (Å²) in [4.78, 5) is 11.5. The Hall–Kier alpha value is -0.240. The molecule has 1 saturated carbocycles. The molecule has 0 spiro atoms. The van der Waals surface area contributed by atoms with Crippen LogP contribution in [-0.2, 0) is 9.53 Å². The minimum atomic E-state index is -0.000118. The highest BCUT2D eigenvalue weighted by molar-refractivity contribution is 6.18. The first kappa shape index (κ1) is 11.8. The third-order valence-corrected chi connectivity index (χ3v) is 3.28. The van der Waals surface area contributed by atoms with Crippen LogP contribution in [0.4, 0.5) is 0 Å². The molecular formula is C11H19ClO2. The summed E-state index contributed by atoms with van der Waals surface area (Å²) < 4.78 is 5.13. The number of rotatable bonds is 4. The number of ether oxygens (including phenoxy) is 1. The van der Waals surface area contributed by atoms with Gasteiger partial charge in [-0.25, -0.2) is 0 Å². The van der Waals surface area contributed by atoms with Gasteiger partial charge in [0.05, 0.1) is 12.5 Å². The second-order valence-corrected chi connectivity index (χ2v) is 4.35. The number of halogens is 1. The summed E-state index contributed by atoms with van der Waals surface area (Å²) in [5.74, 6) is 1.49. The van der Waals surface area contributed by atoms with Gasteiger partial charge in [-0.3, -0.25) is 4.79 Å². The number of carbonyl (C=O) groups excluding carboxylic acids is 1. The van der Waals surface area contributed by atoms with Gasteiger partial charge in [0, 0.05) is 5.88 Å². The van der Waals surface area contributed by atoms with Crippen LogP contribution < -0.4 is 0 Å². The highest BCUT2D eigenvalue weighted by Crippen LogP contribution is 2.30. The van der Waals surface area contributed by atoms with Crippen LogP contribution in [0.15, 0.2) is 0 Å². The first-order valence-corrected chi connectivity index (χ1v) is 6.04. The van der Waals surface area contributed by atoms with E-state index in [1.807, 2.05) is 6.92 Å². The van der Waals surface area contributed by atoms with E-state index in [9.17, 15) is 4.79 Å². The van der Waals surface area contributed by atoms with Gasteiger partial charge in [0.1, 0.15) is 0 Å². The molecule has 0 amide bonds. The molecule has 0 unspecified atom stereocenters. The Labute approximate surface area is 91.0 Å². The van der Waals surface area contributed by atoms with E-state index in [1.54, 1.807) is 0 Å². The lowest BCUT2D eigenvalue weighted by Crippen LogP contribution is -2.24. The third-order valence-electron chi connectivity index (χ3n) is 2.85. The molecule has 0 aliphatic heterocycles. The van der Waals surface area contributed by atoms with Crippen LogP contribution in [0, 0.1) is 11.8 Å². The third kappa shape index (κ3) is 3.49. The van der Waals surface area contributed by atoms with Crippen LogP contribution >= 0.6 is 11.6 Å². The number of esters is 1. The van der Waals surface area contributed by atoms with E-state index in [-0.39, 0.29) is 11.9 Å². The van der Waals surface area contributed by atoms with E-state index in [0.717, 1.165) is 38.0 Å². The summed E-state index contributed by atoms with van der Waals surface area (Å²) in [6.45, 7) is 2.58. The van der Waals surface area contributed by atoms with E-state index >= 15 is 0 Å². The minimum Gasteiger partial charge on any atom is -0.465 e. The Balaban J connectivity index is 2.23. The lowest BCUT2D eigenvalue weighted by atomic mass is 9.83. The summed E-state index contributed by atoms with van der Waals surface area (Å²) in [5, 5.41) is 0. The summed E-state index contributed by atoms with van der Waals surface area (Å²) in [7, 11) is 0. The zero-order valence-electron chi connectivity index (χ0n) is 8.80. The normalized spacial score (nSPS) is 27.3. The van der Waals surface area contributed by atoms with Crippen LogP contribution in [-0.4, -0.2) is 18.5 Å². The Morgan fingerprint density at radius 2 is 2.00 bits per heavy atom. The molecule has 1 aliphatic rings. The molecule has 3 heteroatoms. The molecule has 0 radical (unpaired) electrons. The summed E-state index contributed by atoms with van der Waals surface area (Å²) in [6.07, 6.45) is 4.98. The first-order chi connectivity index (χ1) is 6.77. The van der Waals surface area contributed by atoms with Crippen molar-refractivity contribution in [1.29, 1.82) is 0 Å². The van der Waals surface area contributed by atoms with Crippen molar-refractivity contribution >= 4 is 17.6 Å². The molecule has 1 fully saturated rings. The van der Waals surface area contributed by atoms with Crippen LogP contribution in [0.1, 0.15) is 39.0 Å². The van der Waals surface area contributed by atoms with Crippen molar-refractivity contribution in [2.45, 2.75) is 39.0 Å². The largest absolute Gasteiger partial charge is 0.465 e. The van der Waals surface area contributed by atoms with Crippen LogP contribution in [0.5, 0.6) is 0 Å². The molecule has 0 heterocycles. The lowest BCUT2D eigenvalue weighted by molar-refractivity contribution is -0.149. The van der Waals surface area contributed by atoms with Gasteiger partial charge in [0.15, 0.2) is 0 Å². The van der Waals surface area contributed by atoms with Gasteiger partial charge in [-0.1, -0.05) is 6.92 Å². The fraction of sp³-hybridized carbons (Fsp3) is 0.909.